The van der Waals surface area contributed by atoms with Crippen LogP contribution in [-0.2, 0) is 13.0 Å². The Kier molecular flexibility index (Phi) is 4.00. The Balaban J connectivity index is 1.71. The van der Waals surface area contributed by atoms with Gasteiger partial charge < -0.3 is 5.32 Å². The molecule has 1 aromatic heterocycles. The monoisotopic (exact) mass is 264 g/mol. The second-order valence-corrected chi connectivity index (χ2v) is 6.92. The quantitative estimate of drug-likeness (QED) is 0.840. The van der Waals surface area contributed by atoms with Gasteiger partial charge in [-0.1, -0.05) is 26.2 Å². The summed E-state index contributed by atoms with van der Waals surface area (Å²) in [5.74, 6) is 0.778. The van der Waals surface area contributed by atoms with Crippen molar-refractivity contribution in [1.29, 1.82) is 0 Å². The maximum Gasteiger partial charge on any atom is 0.0962 e. The summed E-state index contributed by atoms with van der Waals surface area (Å²) >= 11 is 1.99. The SMILES string of the molecule is CCCc1nc(C2CCCC2)sc1CNC1CC1. The average molecular weight is 264 g/mol. The minimum atomic E-state index is 0.778. The van der Waals surface area contributed by atoms with E-state index < -0.39 is 0 Å². The molecule has 0 aliphatic heterocycles. The predicted molar refractivity (Wildman–Crippen MR) is 77.2 cm³/mol. The van der Waals surface area contributed by atoms with Crippen LogP contribution in [0.5, 0.6) is 0 Å². The van der Waals surface area contributed by atoms with Gasteiger partial charge in [-0.2, -0.15) is 0 Å². The van der Waals surface area contributed by atoms with Crippen LogP contribution in [0, 0.1) is 0 Å². The standard InChI is InChI=1S/C15H24N2S/c1-2-5-13-14(10-16-12-8-9-12)18-15(17-13)11-6-3-4-7-11/h11-12,16H,2-10H2,1H3. The van der Waals surface area contributed by atoms with E-state index in [9.17, 15) is 0 Å². The smallest absolute Gasteiger partial charge is 0.0962 e. The molecule has 3 rings (SSSR count). The second kappa shape index (κ2) is 5.70. The third-order valence-electron chi connectivity index (χ3n) is 4.11. The number of aromatic nitrogens is 1. The van der Waals surface area contributed by atoms with Crippen molar-refractivity contribution in [1.82, 2.24) is 10.3 Å². The van der Waals surface area contributed by atoms with Gasteiger partial charge in [0, 0.05) is 23.4 Å². The van der Waals surface area contributed by atoms with E-state index in [1.807, 2.05) is 11.3 Å². The van der Waals surface area contributed by atoms with Crippen molar-refractivity contribution in [3.63, 3.8) is 0 Å². The molecule has 3 heteroatoms. The Morgan fingerprint density at radius 3 is 2.67 bits per heavy atom. The third kappa shape index (κ3) is 2.94. The van der Waals surface area contributed by atoms with Gasteiger partial charge in [0.1, 0.15) is 0 Å². The highest BCUT2D eigenvalue weighted by Gasteiger charge is 2.24. The molecule has 0 spiro atoms. The van der Waals surface area contributed by atoms with Gasteiger partial charge in [-0.25, -0.2) is 4.98 Å². The Morgan fingerprint density at radius 2 is 2.00 bits per heavy atom. The summed E-state index contributed by atoms with van der Waals surface area (Å²) in [6.45, 7) is 3.32. The van der Waals surface area contributed by atoms with Crippen molar-refractivity contribution >= 4 is 11.3 Å². The van der Waals surface area contributed by atoms with Gasteiger partial charge in [0.15, 0.2) is 0 Å². The minimum Gasteiger partial charge on any atom is -0.309 e. The topological polar surface area (TPSA) is 24.9 Å². The van der Waals surface area contributed by atoms with E-state index in [4.69, 9.17) is 4.98 Å². The van der Waals surface area contributed by atoms with Gasteiger partial charge in [-0.15, -0.1) is 11.3 Å². The summed E-state index contributed by atoms with van der Waals surface area (Å²) in [5, 5.41) is 5.08. The second-order valence-electron chi connectivity index (χ2n) is 5.81. The summed E-state index contributed by atoms with van der Waals surface area (Å²) in [6, 6.07) is 0.802. The molecule has 0 atom stereocenters. The van der Waals surface area contributed by atoms with E-state index in [2.05, 4.69) is 12.2 Å². The van der Waals surface area contributed by atoms with Crippen LogP contribution >= 0.6 is 11.3 Å². The molecule has 1 heterocycles. The first-order chi connectivity index (χ1) is 8.86. The van der Waals surface area contributed by atoms with E-state index in [-0.39, 0.29) is 0 Å². The van der Waals surface area contributed by atoms with Crippen molar-refractivity contribution < 1.29 is 0 Å². The molecule has 0 saturated heterocycles. The number of nitrogens with zero attached hydrogens (tertiary/aromatic N) is 1. The normalized spacial score (nSPS) is 20.7. The number of rotatable bonds is 6. The highest BCUT2D eigenvalue weighted by molar-refractivity contribution is 7.11. The summed E-state index contributed by atoms with van der Waals surface area (Å²) in [6.07, 6.45) is 10.7. The minimum absolute atomic E-state index is 0.778. The average Bonchev–Trinajstić information content (AvgIpc) is 2.90. The van der Waals surface area contributed by atoms with Gasteiger partial charge in [0.2, 0.25) is 0 Å². The van der Waals surface area contributed by atoms with Gasteiger partial charge in [0.25, 0.3) is 0 Å². The van der Waals surface area contributed by atoms with Crippen LogP contribution in [0.4, 0.5) is 0 Å². The number of nitrogens with one attached hydrogen (secondary N) is 1. The van der Waals surface area contributed by atoms with Crippen molar-refractivity contribution in [3.8, 4) is 0 Å². The van der Waals surface area contributed by atoms with Crippen molar-refractivity contribution in [2.75, 3.05) is 0 Å². The summed E-state index contributed by atoms with van der Waals surface area (Å²) in [4.78, 5) is 6.48. The first-order valence-corrected chi connectivity index (χ1v) is 8.40. The zero-order chi connectivity index (χ0) is 12.4. The van der Waals surface area contributed by atoms with Gasteiger partial charge in [-0.05, 0) is 32.1 Å². The molecule has 2 aliphatic carbocycles. The van der Waals surface area contributed by atoms with Gasteiger partial charge in [0.05, 0.1) is 10.7 Å². The number of thiazole rings is 1. The maximum atomic E-state index is 4.96. The Morgan fingerprint density at radius 1 is 1.22 bits per heavy atom. The fraction of sp³-hybridized carbons (Fsp3) is 0.800. The predicted octanol–water partition coefficient (Wildman–Crippen LogP) is 4.01. The zero-order valence-electron chi connectivity index (χ0n) is 11.4. The Hall–Kier alpha value is -0.410. The highest BCUT2D eigenvalue weighted by Crippen LogP contribution is 2.37. The lowest BCUT2D eigenvalue weighted by Crippen LogP contribution is -2.15. The van der Waals surface area contributed by atoms with Crippen LogP contribution in [-0.4, -0.2) is 11.0 Å². The molecule has 1 aromatic rings. The third-order valence-corrected chi connectivity index (χ3v) is 5.37. The lowest BCUT2D eigenvalue weighted by atomic mass is 10.1. The van der Waals surface area contributed by atoms with Crippen LogP contribution in [0.1, 0.15) is 73.4 Å². The van der Waals surface area contributed by atoms with Crippen molar-refractivity contribution in [3.05, 3.63) is 15.6 Å². The number of hydrogen-bond donors (Lipinski definition) is 1. The molecule has 2 nitrogen and oxygen atoms in total. The summed E-state index contributed by atoms with van der Waals surface area (Å²) < 4.78 is 0. The summed E-state index contributed by atoms with van der Waals surface area (Å²) in [7, 11) is 0. The van der Waals surface area contributed by atoms with Gasteiger partial charge in [-0.3, -0.25) is 0 Å². The first-order valence-electron chi connectivity index (χ1n) is 7.58. The van der Waals surface area contributed by atoms with Crippen LogP contribution in [0.2, 0.25) is 0 Å². The van der Waals surface area contributed by atoms with E-state index in [1.54, 1.807) is 0 Å². The van der Waals surface area contributed by atoms with E-state index >= 15 is 0 Å². The molecular weight excluding hydrogens is 240 g/mol. The van der Waals surface area contributed by atoms with E-state index in [0.717, 1.165) is 24.9 Å². The lowest BCUT2D eigenvalue weighted by Gasteiger charge is -2.02. The summed E-state index contributed by atoms with van der Waals surface area (Å²) in [5.41, 5.74) is 1.39. The van der Waals surface area contributed by atoms with Crippen molar-refractivity contribution in [2.45, 2.75) is 76.8 Å². The lowest BCUT2D eigenvalue weighted by molar-refractivity contribution is 0.683. The molecule has 0 aromatic carbocycles. The van der Waals surface area contributed by atoms with Crippen molar-refractivity contribution in [2.24, 2.45) is 0 Å². The first kappa shape index (κ1) is 12.6. The van der Waals surface area contributed by atoms with E-state index in [1.165, 1.54) is 60.5 Å². The fourth-order valence-corrected chi connectivity index (χ4v) is 4.08. The fourth-order valence-electron chi connectivity index (χ4n) is 2.85. The largest absolute Gasteiger partial charge is 0.309 e. The molecule has 0 amide bonds. The molecule has 2 fully saturated rings. The Bertz CT molecular complexity index is 389. The highest BCUT2D eigenvalue weighted by atomic mass is 32.1. The number of hydrogen-bond acceptors (Lipinski definition) is 3. The Labute approximate surface area is 114 Å². The van der Waals surface area contributed by atoms with Crippen LogP contribution < -0.4 is 5.32 Å². The van der Waals surface area contributed by atoms with E-state index in [0.29, 0.717) is 0 Å². The molecule has 1 N–H and O–H groups in total. The molecular formula is C15H24N2S. The molecule has 18 heavy (non-hydrogen) atoms. The van der Waals surface area contributed by atoms with Crippen LogP contribution in [0.15, 0.2) is 0 Å². The number of aryl methyl sites for hydroxylation is 1. The van der Waals surface area contributed by atoms with Gasteiger partial charge >= 0.3 is 0 Å². The zero-order valence-corrected chi connectivity index (χ0v) is 12.2. The molecule has 2 aliphatic rings. The maximum absolute atomic E-state index is 4.96. The molecule has 100 valence electrons. The molecule has 0 radical (unpaired) electrons. The molecule has 0 bridgehead atoms. The van der Waals surface area contributed by atoms with Crippen LogP contribution in [0.25, 0.3) is 0 Å². The molecule has 0 unspecified atom stereocenters. The molecule has 2 saturated carbocycles. The van der Waals surface area contributed by atoms with Crippen LogP contribution in [0.3, 0.4) is 0 Å².